The Morgan fingerprint density at radius 1 is 1.21 bits per heavy atom. The molecule has 0 radical (unpaired) electrons. The molecule has 0 heterocycles. The molecule has 2 rings (SSSR count). The van der Waals surface area contributed by atoms with E-state index in [1.807, 2.05) is 30.3 Å². The first kappa shape index (κ1) is 13.8. The zero-order valence-corrected chi connectivity index (χ0v) is 11.2. The van der Waals surface area contributed by atoms with Crippen molar-refractivity contribution < 1.29 is 14.2 Å². The molecule has 0 bridgehead atoms. The van der Waals surface area contributed by atoms with Crippen LogP contribution >= 0.6 is 11.6 Å². The van der Waals surface area contributed by atoms with Gasteiger partial charge in [0, 0.05) is 6.07 Å². The Bertz CT molecular complexity index is 555. The minimum Gasteiger partial charge on any atom is -0.490 e. The van der Waals surface area contributed by atoms with E-state index in [2.05, 4.69) is 0 Å². The van der Waals surface area contributed by atoms with E-state index in [-0.39, 0.29) is 11.6 Å². The first-order valence-electron chi connectivity index (χ1n) is 5.85. The van der Waals surface area contributed by atoms with E-state index in [4.69, 9.17) is 16.3 Å². The molecule has 0 aliphatic carbocycles. The fraction of sp³-hybridized carbons (Fsp3) is 0.200. The molecular formula is C15H14ClFO2. The normalized spacial score (nSPS) is 13.9. The number of halogens is 2. The van der Waals surface area contributed by atoms with Crippen molar-refractivity contribution in [3.05, 3.63) is 64.9 Å². The molecule has 0 amide bonds. The summed E-state index contributed by atoms with van der Waals surface area (Å²) in [6, 6.07) is 13.4. The summed E-state index contributed by atoms with van der Waals surface area (Å²) in [6.45, 7) is 1.67. The first-order valence-corrected chi connectivity index (χ1v) is 6.22. The van der Waals surface area contributed by atoms with Crippen LogP contribution in [-0.4, -0.2) is 11.7 Å². The maximum Gasteiger partial charge on any atom is 0.145 e. The van der Waals surface area contributed by atoms with Crippen molar-refractivity contribution in [1.82, 2.24) is 0 Å². The highest BCUT2D eigenvalue weighted by molar-refractivity contribution is 6.30. The Morgan fingerprint density at radius 3 is 2.53 bits per heavy atom. The van der Waals surface area contributed by atoms with Gasteiger partial charge in [0.2, 0.25) is 0 Å². The molecule has 100 valence electrons. The topological polar surface area (TPSA) is 29.5 Å². The minimum absolute atomic E-state index is 0.0259. The fourth-order valence-electron chi connectivity index (χ4n) is 1.67. The van der Waals surface area contributed by atoms with Crippen LogP contribution in [0.15, 0.2) is 48.5 Å². The molecule has 0 spiro atoms. The summed E-state index contributed by atoms with van der Waals surface area (Å²) >= 11 is 5.59. The van der Waals surface area contributed by atoms with Gasteiger partial charge in [-0.1, -0.05) is 41.9 Å². The maximum atomic E-state index is 13.2. The van der Waals surface area contributed by atoms with E-state index in [1.165, 1.54) is 12.1 Å². The molecule has 0 saturated heterocycles. The molecule has 0 saturated carbocycles. The summed E-state index contributed by atoms with van der Waals surface area (Å²) < 4.78 is 18.7. The van der Waals surface area contributed by atoms with Crippen LogP contribution in [0.4, 0.5) is 4.39 Å². The Morgan fingerprint density at radius 2 is 1.89 bits per heavy atom. The molecule has 1 atom stereocenters. The van der Waals surface area contributed by atoms with Gasteiger partial charge in [-0.3, -0.25) is 0 Å². The van der Waals surface area contributed by atoms with Crippen LogP contribution in [-0.2, 0) is 5.60 Å². The van der Waals surface area contributed by atoms with Gasteiger partial charge in [0.1, 0.15) is 23.8 Å². The van der Waals surface area contributed by atoms with Gasteiger partial charge in [-0.15, -0.1) is 0 Å². The van der Waals surface area contributed by atoms with Crippen molar-refractivity contribution in [2.45, 2.75) is 12.5 Å². The first-order chi connectivity index (χ1) is 8.99. The number of aliphatic hydroxyl groups is 1. The van der Waals surface area contributed by atoms with E-state index < -0.39 is 11.4 Å². The lowest BCUT2D eigenvalue weighted by Gasteiger charge is -2.24. The van der Waals surface area contributed by atoms with Crippen LogP contribution in [0.3, 0.4) is 0 Å². The summed E-state index contributed by atoms with van der Waals surface area (Å²) in [5, 5.41) is 10.4. The highest BCUT2D eigenvalue weighted by Gasteiger charge is 2.23. The van der Waals surface area contributed by atoms with E-state index in [9.17, 15) is 9.50 Å². The van der Waals surface area contributed by atoms with Crippen LogP contribution in [0.1, 0.15) is 12.5 Å². The third-order valence-corrected chi connectivity index (χ3v) is 3.11. The number of benzene rings is 2. The highest BCUT2D eigenvalue weighted by atomic mass is 35.5. The van der Waals surface area contributed by atoms with Gasteiger partial charge in [-0.25, -0.2) is 4.39 Å². The van der Waals surface area contributed by atoms with Gasteiger partial charge >= 0.3 is 0 Å². The van der Waals surface area contributed by atoms with Gasteiger partial charge < -0.3 is 9.84 Å². The summed E-state index contributed by atoms with van der Waals surface area (Å²) in [4.78, 5) is 0. The van der Waals surface area contributed by atoms with Crippen molar-refractivity contribution >= 4 is 11.6 Å². The zero-order chi connectivity index (χ0) is 13.9. The quantitative estimate of drug-likeness (QED) is 0.924. The van der Waals surface area contributed by atoms with Crippen molar-refractivity contribution in [3.63, 3.8) is 0 Å². The molecule has 1 unspecified atom stereocenters. The molecule has 0 aliphatic heterocycles. The second-order valence-corrected chi connectivity index (χ2v) is 4.91. The van der Waals surface area contributed by atoms with Gasteiger partial charge in [0.15, 0.2) is 0 Å². The summed E-state index contributed by atoms with van der Waals surface area (Å²) in [5.74, 6) is -0.211. The Labute approximate surface area is 116 Å². The van der Waals surface area contributed by atoms with Crippen LogP contribution in [0, 0.1) is 5.82 Å². The van der Waals surface area contributed by atoms with Crippen LogP contribution < -0.4 is 4.74 Å². The molecule has 0 fully saturated rings. The Balaban J connectivity index is 2.07. The van der Waals surface area contributed by atoms with Crippen molar-refractivity contribution in [2.24, 2.45) is 0 Å². The highest BCUT2D eigenvalue weighted by Crippen LogP contribution is 2.24. The predicted octanol–water partition coefficient (Wildman–Crippen LogP) is 3.77. The Hall–Kier alpha value is -1.58. The Kier molecular flexibility index (Phi) is 4.08. The molecule has 4 heteroatoms. The lowest BCUT2D eigenvalue weighted by Crippen LogP contribution is -2.29. The number of hydrogen-bond donors (Lipinski definition) is 1. The van der Waals surface area contributed by atoms with Crippen molar-refractivity contribution in [1.29, 1.82) is 0 Å². The smallest absolute Gasteiger partial charge is 0.145 e. The minimum atomic E-state index is -1.14. The molecular weight excluding hydrogens is 267 g/mol. The second kappa shape index (κ2) is 5.59. The van der Waals surface area contributed by atoms with Gasteiger partial charge in [-0.05, 0) is 24.6 Å². The monoisotopic (exact) mass is 280 g/mol. The predicted molar refractivity (Wildman–Crippen MR) is 72.9 cm³/mol. The largest absolute Gasteiger partial charge is 0.490 e. The molecule has 19 heavy (non-hydrogen) atoms. The summed E-state index contributed by atoms with van der Waals surface area (Å²) in [7, 11) is 0. The standard InChI is InChI=1S/C15H14ClFO2/c1-15(18,11-5-3-2-4-6-11)10-19-12-7-8-13(16)14(17)9-12/h2-9,18H,10H2,1H3. The third kappa shape index (κ3) is 3.46. The molecule has 0 aliphatic rings. The lowest BCUT2D eigenvalue weighted by molar-refractivity contribution is 0.00750. The summed E-state index contributed by atoms with van der Waals surface area (Å²) in [6.07, 6.45) is 0. The number of rotatable bonds is 4. The maximum absolute atomic E-state index is 13.2. The SMILES string of the molecule is CC(O)(COc1ccc(Cl)c(F)c1)c1ccccc1. The molecule has 2 nitrogen and oxygen atoms in total. The molecule has 1 N–H and O–H groups in total. The van der Waals surface area contributed by atoms with E-state index in [1.54, 1.807) is 13.0 Å². The summed E-state index contributed by atoms with van der Waals surface area (Å²) in [5.41, 5.74) is -0.401. The van der Waals surface area contributed by atoms with Gasteiger partial charge in [-0.2, -0.15) is 0 Å². The second-order valence-electron chi connectivity index (χ2n) is 4.50. The fourth-order valence-corrected chi connectivity index (χ4v) is 1.79. The number of hydrogen-bond acceptors (Lipinski definition) is 2. The molecule has 2 aromatic carbocycles. The van der Waals surface area contributed by atoms with Crippen molar-refractivity contribution in [3.8, 4) is 5.75 Å². The molecule has 0 aromatic heterocycles. The number of ether oxygens (including phenoxy) is 1. The zero-order valence-electron chi connectivity index (χ0n) is 10.4. The van der Waals surface area contributed by atoms with E-state index in [0.717, 1.165) is 5.56 Å². The average molecular weight is 281 g/mol. The molecule has 2 aromatic rings. The average Bonchev–Trinajstić information content (AvgIpc) is 2.41. The van der Waals surface area contributed by atoms with Gasteiger partial charge in [0.05, 0.1) is 5.02 Å². The third-order valence-electron chi connectivity index (χ3n) is 2.81. The van der Waals surface area contributed by atoms with Crippen LogP contribution in [0.25, 0.3) is 0 Å². The van der Waals surface area contributed by atoms with Gasteiger partial charge in [0.25, 0.3) is 0 Å². The van der Waals surface area contributed by atoms with E-state index in [0.29, 0.717) is 5.75 Å². The van der Waals surface area contributed by atoms with Crippen molar-refractivity contribution in [2.75, 3.05) is 6.61 Å². The van der Waals surface area contributed by atoms with Crippen LogP contribution in [0.2, 0.25) is 5.02 Å². The van der Waals surface area contributed by atoms with E-state index >= 15 is 0 Å². The lowest BCUT2D eigenvalue weighted by atomic mass is 9.97. The van der Waals surface area contributed by atoms with Crippen LogP contribution in [0.5, 0.6) is 5.75 Å².